The van der Waals surface area contributed by atoms with Gasteiger partial charge in [0.15, 0.2) is 5.78 Å². The van der Waals surface area contributed by atoms with Crippen LogP contribution in [0.5, 0.6) is 11.5 Å². The Kier molecular flexibility index (Phi) is 6.87. The number of hydrogen-bond acceptors (Lipinski definition) is 6. The van der Waals surface area contributed by atoms with E-state index < -0.39 is 17.8 Å². The Hall–Kier alpha value is -3.41. The summed E-state index contributed by atoms with van der Waals surface area (Å²) < 4.78 is 16.9. The quantitative estimate of drug-likeness (QED) is 0.422. The number of esters is 1. The van der Waals surface area contributed by atoms with Gasteiger partial charge in [0.05, 0.1) is 7.11 Å². The predicted molar refractivity (Wildman–Crippen MR) is 130 cm³/mol. The first kappa shape index (κ1) is 23.7. The molecule has 0 saturated carbocycles. The van der Waals surface area contributed by atoms with Crippen molar-refractivity contribution in [3.8, 4) is 11.5 Å². The second-order valence-corrected chi connectivity index (χ2v) is 9.58. The van der Waals surface area contributed by atoms with Crippen molar-refractivity contribution in [3.05, 3.63) is 71.4 Å². The molecule has 1 aliphatic heterocycles. The van der Waals surface area contributed by atoms with E-state index in [1.807, 2.05) is 61.5 Å². The van der Waals surface area contributed by atoms with Crippen LogP contribution in [0.15, 0.2) is 70.9 Å². The number of nitrogens with zero attached hydrogens (tertiary/aromatic N) is 1. The Morgan fingerprint density at radius 3 is 2.47 bits per heavy atom. The summed E-state index contributed by atoms with van der Waals surface area (Å²) in [7, 11) is 1.60. The smallest absolute Gasteiger partial charge is 0.315 e. The maximum atomic E-state index is 13.4. The topological polar surface area (TPSA) is 74.2 Å². The lowest BCUT2D eigenvalue weighted by atomic mass is 9.66. The van der Waals surface area contributed by atoms with Crippen molar-refractivity contribution < 1.29 is 23.8 Å². The van der Waals surface area contributed by atoms with Gasteiger partial charge in [-0.2, -0.15) is 0 Å². The molecule has 0 radical (unpaired) electrons. The predicted octanol–water partition coefficient (Wildman–Crippen LogP) is 5.13. The number of para-hydroxylation sites is 2. The molecule has 34 heavy (non-hydrogen) atoms. The van der Waals surface area contributed by atoms with Crippen LogP contribution in [0.3, 0.4) is 0 Å². The minimum atomic E-state index is -0.711. The molecule has 0 bridgehead atoms. The molecular formula is C28H31NO5. The van der Waals surface area contributed by atoms with Crippen LogP contribution in [0.1, 0.15) is 45.1 Å². The second-order valence-electron chi connectivity index (χ2n) is 9.58. The molecule has 4 rings (SSSR count). The highest BCUT2D eigenvalue weighted by atomic mass is 16.6. The Morgan fingerprint density at radius 1 is 1.03 bits per heavy atom. The fraction of sp³-hybridized carbons (Fsp3) is 0.393. The SMILES string of the molecule is COc1ccccc1[C@H]1C2=C(CC(C)(C)CC2=O)N=C(C)C1C(=O)OCCOc1ccccc1. The molecule has 0 amide bonds. The van der Waals surface area contributed by atoms with Gasteiger partial charge in [0.25, 0.3) is 0 Å². The summed E-state index contributed by atoms with van der Waals surface area (Å²) >= 11 is 0. The normalized spacial score (nSPS) is 21.4. The van der Waals surface area contributed by atoms with Crippen molar-refractivity contribution >= 4 is 17.5 Å². The van der Waals surface area contributed by atoms with E-state index in [2.05, 4.69) is 13.8 Å². The van der Waals surface area contributed by atoms with Crippen molar-refractivity contribution in [1.29, 1.82) is 0 Å². The van der Waals surface area contributed by atoms with E-state index >= 15 is 0 Å². The van der Waals surface area contributed by atoms with E-state index in [0.29, 0.717) is 35.6 Å². The number of aliphatic imine (C=N–C) groups is 1. The summed E-state index contributed by atoms with van der Waals surface area (Å²) in [6.45, 7) is 6.32. The zero-order valence-electron chi connectivity index (χ0n) is 20.2. The average molecular weight is 462 g/mol. The fourth-order valence-corrected chi connectivity index (χ4v) is 4.92. The van der Waals surface area contributed by atoms with Crippen LogP contribution < -0.4 is 9.47 Å². The number of carbonyl (C=O) groups excluding carboxylic acids is 2. The third kappa shape index (κ3) is 4.91. The van der Waals surface area contributed by atoms with Crippen LogP contribution in [0.25, 0.3) is 0 Å². The molecule has 2 aromatic carbocycles. The Labute approximate surface area is 200 Å². The third-order valence-electron chi connectivity index (χ3n) is 6.37. The number of ether oxygens (including phenoxy) is 3. The molecule has 6 heteroatoms. The molecule has 2 aromatic rings. The molecule has 1 aliphatic carbocycles. The zero-order valence-corrected chi connectivity index (χ0v) is 20.2. The molecule has 0 spiro atoms. The molecule has 2 aliphatic rings. The van der Waals surface area contributed by atoms with Crippen LogP contribution >= 0.6 is 0 Å². The summed E-state index contributed by atoms with van der Waals surface area (Å²) in [5, 5.41) is 0. The number of allylic oxidation sites excluding steroid dienone is 2. The minimum Gasteiger partial charge on any atom is -0.496 e. The first-order chi connectivity index (χ1) is 16.3. The standard InChI is InChI=1S/C28H31NO5/c1-18-24(27(31)34-15-14-33-19-10-6-5-7-11-19)25(20-12-8-9-13-23(20)32-4)26-21(29-18)16-28(2,3)17-22(26)30/h5-13,24-25H,14-17H2,1-4H3/t24?,25-/m1/s1. The number of benzene rings is 2. The van der Waals surface area contributed by atoms with Crippen molar-refractivity contribution in [3.63, 3.8) is 0 Å². The van der Waals surface area contributed by atoms with E-state index in [-0.39, 0.29) is 24.4 Å². The van der Waals surface area contributed by atoms with Gasteiger partial charge >= 0.3 is 5.97 Å². The van der Waals surface area contributed by atoms with E-state index in [0.717, 1.165) is 11.3 Å². The summed E-state index contributed by atoms with van der Waals surface area (Å²) in [5.74, 6) is -0.253. The van der Waals surface area contributed by atoms with Crippen molar-refractivity contribution in [2.45, 2.75) is 39.5 Å². The number of rotatable bonds is 7. The van der Waals surface area contributed by atoms with Gasteiger partial charge in [0.2, 0.25) is 0 Å². The van der Waals surface area contributed by atoms with Crippen LogP contribution in [0.4, 0.5) is 0 Å². The number of ketones is 1. The number of Topliss-reactive ketones (excluding diaryl/α,β-unsaturated/α-hetero) is 1. The third-order valence-corrected chi connectivity index (χ3v) is 6.37. The van der Waals surface area contributed by atoms with Crippen LogP contribution in [-0.4, -0.2) is 37.8 Å². The first-order valence-electron chi connectivity index (χ1n) is 11.6. The van der Waals surface area contributed by atoms with Gasteiger partial charge in [-0.25, -0.2) is 0 Å². The molecule has 6 nitrogen and oxygen atoms in total. The lowest BCUT2D eigenvalue weighted by Gasteiger charge is -2.39. The summed E-state index contributed by atoms with van der Waals surface area (Å²) in [5.41, 5.74) is 2.65. The highest BCUT2D eigenvalue weighted by Gasteiger charge is 2.46. The molecule has 0 N–H and O–H groups in total. The maximum Gasteiger partial charge on any atom is 0.315 e. The van der Waals surface area contributed by atoms with E-state index in [1.165, 1.54) is 0 Å². The summed E-state index contributed by atoms with van der Waals surface area (Å²) in [6, 6.07) is 16.9. The van der Waals surface area contributed by atoms with Crippen molar-refractivity contribution in [1.82, 2.24) is 0 Å². The van der Waals surface area contributed by atoms with Crippen molar-refractivity contribution in [2.24, 2.45) is 16.3 Å². The van der Waals surface area contributed by atoms with E-state index in [9.17, 15) is 9.59 Å². The summed E-state index contributed by atoms with van der Waals surface area (Å²) in [4.78, 5) is 31.5. The van der Waals surface area contributed by atoms with Crippen molar-refractivity contribution in [2.75, 3.05) is 20.3 Å². The van der Waals surface area contributed by atoms with Gasteiger partial charge < -0.3 is 14.2 Å². The maximum absolute atomic E-state index is 13.4. The Balaban J connectivity index is 1.63. The molecule has 0 saturated heterocycles. The monoisotopic (exact) mass is 461 g/mol. The van der Waals surface area contributed by atoms with Gasteiger partial charge in [-0.3, -0.25) is 14.6 Å². The molecule has 0 aromatic heterocycles. The fourth-order valence-electron chi connectivity index (χ4n) is 4.92. The molecular weight excluding hydrogens is 430 g/mol. The molecule has 0 fully saturated rings. The van der Waals surface area contributed by atoms with Crippen LogP contribution in [0, 0.1) is 11.3 Å². The average Bonchev–Trinajstić information content (AvgIpc) is 2.80. The Morgan fingerprint density at radius 2 is 1.74 bits per heavy atom. The van der Waals surface area contributed by atoms with Crippen LogP contribution in [0.2, 0.25) is 0 Å². The number of carbonyl (C=O) groups is 2. The number of hydrogen-bond donors (Lipinski definition) is 0. The molecule has 178 valence electrons. The van der Waals surface area contributed by atoms with Gasteiger partial charge in [0.1, 0.15) is 30.6 Å². The minimum absolute atomic E-state index is 0.0311. The molecule has 1 unspecified atom stereocenters. The first-order valence-corrected chi connectivity index (χ1v) is 11.6. The van der Waals surface area contributed by atoms with Gasteiger partial charge in [0, 0.05) is 34.9 Å². The number of methoxy groups -OCH3 is 1. The summed E-state index contributed by atoms with van der Waals surface area (Å²) in [6.07, 6.45) is 1.10. The van der Waals surface area contributed by atoms with Gasteiger partial charge in [-0.1, -0.05) is 50.2 Å². The molecule has 1 heterocycles. The molecule has 2 atom stereocenters. The largest absolute Gasteiger partial charge is 0.496 e. The van der Waals surface area contributed by atoms with Gasteiger partial charge in [-0.15, -0.1) is 0 Å². The lowest BCUT2D eigenvalue weighted by molar-refractivity contribution is -0.147. The van der Waals surface area contributed by atoms with Crippen LogP contribution in [-0.2, 0) is 14.3 Å². The van der Waals surface area contributed by atoms with E-state index in [4.69, 9.17) is 19.2 Å². The lowest BCUT2D eigenvalue weighted by Crippen LogP contribution is -2.40. The zero-order chi connectivity index (χ0) is 24.3. The highest BCUT2D eigenvalue weighted by Crippen LogP contribution is 2.49. The Bertz CT molecular complexity index is 1130. The second kappa shape index (κ2) is 9.84. The highest BCUT2D eigenvalue weighted by molar-refractivity contribution is 6.09. The van der Waals surface area contributed by atoms with E-state index in [1.54, 1.807) is 7.11 Å². The van der Waals surface area contributed by atoms with Gasteiger partial charge in [-0.05, 0) is 37.0 Å².